The number of nitrogens with one attached hydrogen (secondary N) is 1. The summed E-state index contributed by atoms with van der Waals surface area (Å²) in [5.41, 5.74) is 6.68. The van der Waals surface area contributed by atoms with Crippen molar-refractivity contribution in [1.29, 1.82) is 0 Å². The number of benzene rings is 3. The first kappa shape index (κ1) is 19.9. The fourth-order valence-electron chi connectivity index (χ4n) is 6.14. The lowest BCUT2D eigenvalue weighted by Gasteiger charge is -2.50. The fraction of sp³-hybridized carbons (Fsp3) is 0.321. The number of para-hydroxylation sites is 1. The molecule has 0 saturated carbocycles. The van der Waals surface area contributed by atoms with Crippen molar-refractivity contribution >= 4 is 29.0 Å². The molecule has 6 rings (SSSR count). The number of carbonyl (C=O) groups excluding carboxylic acids is 1. The third-order valence-corrected chi connectivity index (χ3v) is 8.92. The number of thioether (sulfide) groups is 1. The quantitative estimate of drug-likeness (QED) is 0.497. The van der Waals surface area contributed by atoms with Crippen LogP contribution in [0.5, 0.6) is 0 Å². The summed E-state index contributed by atoms with van der Waals surface area (Å²) in [5, 5.41) is 3.66. The summed E-state index contributed by atoms with van der Waals surface area (Å²) < 4.78 is 0. The van der Waals surface area contributed by atoms with E-state index in [9.17, 15) is 4.79 Å². The van der Waals surface area contributed by atoms with E-state index in [1.807, 2.05) is 12.1 Å². The van der Waals surface area contributed by atoms with Gasteiger partial charge in [0.25, 0.3) is 5.91 Å². The number of amides is 1. The first-order valence-corrected chi connectivity index (χ1v) is 12.3. The molecule has 3 aliphatic heterocycles. The topological polar surface area (TPSA) is 32.3 Å². The first-order valence-electron chi connectivity index (χ1n) is 11.4. The molecule has 2 atom stereocenters. The molecule has 1 N–H and O–H groups in total. The van der Waals surface area contributed by atoms with E-state index in [2.05, 4.69) is 92.5 Å². The molecule has 0 unspecified atom stereocenters. The predicted molar refractivity (Wildman–Crippen MR) is 132 cm³/mol. The van der Waals surface area contributed by atoms with Gasteiger partial charge in [0.1, 0.15) is 0 Å². The van der Waals surface area contributed by atoms with Gasteiger partial charge >= 0.3 is 0 Å². The van der Waals surface area contributed by atoms with Crippen LogP contribution in [0.1, 0.15) is 56.4 Å². The third kappa shape index (κ3) is 2.42. The van der Waals surface area contributed by atoms with E-state index < -0.39 is 4.87 Å². The number of fused-ring (bicyclic) bond motifs is 2. The van der Waals surface area contributed by atoms with E-state index in [1.54, 1.807) is 11.8 Å². The van der Waals surface area contributed by atoms with Crippen LogP contribution in [-0.2, 0) is 21.5 Å². The Morgan fingerprint density at radius 1 is 0.969 bits per heavy atom. The van der Waals surface area contributed by atoms with E-state index in [4.69, 9.17) is 0 Å². The highest BCUT2D eigenvalue weighted by Crippen LogP contribution is 2.63. The monoisotopic (exact) mass is 440 g/mol. The van der Waals surface area contributed by atoms with Crippen LogP contribution < -0.4 is 10.2 Å². The molecule has 0 aromatic heterocycles. The lowest BCUT2D eigenvalue weighted by Crippen LogP contribution is -2.56. The standard InChI is InChI=1S/C28H28N2OS/c1-5-18-15-20-24-21(16-18)28(29-22-13-9-10-14-23(22)32-28)25(31)30(24)26(2,3)17-27(20,4)19-11-7-6-8-12-19/h6-16,29H,5,17H2,1-4H3/t27-,28-/m0/s1. The summed E-state index contributed by atoms with van der Waals surface area (Å²) >= 11 is 1.67. The molecule has 0 radical (unpaired) electrons. The Morgan fingerprint density at radius 2 is 1.66 bits per heavy atom. The molecule has 1 amide bonds. The van der Waals surface area contributed by atoms with Gasteiger partial charge in [0.15, 0.2) is 4.87 Å². The van der Waals surface area contributed by atoms with Crippen molar-refractivity contribution in [3.05, 3.63) is 89.0 Å². The summed E-state index contributed by atoms with van der Waals surface area (Å²) in [6.45, 7) is 9.00. The van der Waals surface area contributed by atoms with E-state index in [-0.39, 0.29) is 16.9 Å². The number of hydrogen-bond acceptors (Lipinski definition) is 3. The molecule has 3 nitrogen and oxygen atoms in total. The van der Waals surface area contributed by atoms with Crippen molar-refractivity contribution in [2.75, 3.05) is 10.2 Å². The third-order valence-electron chi connectivity index (χ3n) is 7.54. The SMILES string of the molecule is CCc1cc2c3c(c1)[C@@]1(Nc4ccccc4S1)C(=O)N3C(C)(C)C[C@@]2(C)c1ccccc1. The summed E-state index contributed by atoms with van der Waals surface area (Å²) in [6.07, 6.45) is 1.82. The molecule has 0 fully saturated rings. The van der Waals surface area contributed by atoms with Crippen LogP contribution in [0.4, 0.5) is 11.4 Å². The number of carbonyl (C=O) groups is 1. The van der Waals surface area contributed by atoms with Crippen molar-refractivity contribution in [1.82, 2.24) is 0 Å². The molecule has 4 heteroatoms. The minimum Gasteiger partial charge on any atom is -0.358 e. The molecule has 0 aliphatic carbocycles. The minimum absolute atomic E-state index is 0.156. The smallest absolute Gasteiger partial charge is 0.268 e. The first-order chi connectivity index (χ1) is 15.3. The Bertz CT molecular complexity index is 1240. The number of rotatable bonds is 2. The van der Waals surface area contributed by atoms with Crippen molar-refractivity contribution in [2.24, 2.45) is 0 Å². The lowest BCUT2D eigenvalue weighted by molar-refractivity contribution is -0.120. The zero-order valence-electron chi connectivity index (χ0n) is 19.0. The van der Waals surface area contributed by atoms with Gasteiger partial charge in [0.2, 0.25) is 0 Å². The van der Waals surface area contributed by atoms with Crippen molar-refractivity contribution in [2.45, 2.75) is 61.3 Å². The average Bonchev–Trinajstić information content (AvgIpc) is 3.29. The molecule has 3 aromatic rings. The highest BCUT2D eigenvalue weighted by Gasteiger charge is 2.62. The molecular weight excluding hydrogens is 412 g/mol. The number of hydrogen-bond donors (Lipinski definition) is 1. The number of nitrogens with zero attached hydrogens (tertiary/aromatic N) is 1. The molecule has 1 spiro atoms. The summed E-state index contributed by atoms with van der Waals surface area (Å²) in [7, 11) is 0. The highest BCUT2D eigenvalue weighted by molar-refractivity contribution is 8.01. The molecule has 0 bridgehead atoms. The molecule has 0 saturated heterocycles. The van der Waals surface area contributed by atoms with E-state index in [0.717, 1.165) is 34.7 Å². The molecule has 32 heavy (non-hydrogen) atoms. The zero-order chi connectivity index (χ0) is 22.3. The van der Waals surface area contributed by atoms with Gasteiger partial charge in [-0.1, -0.05) is 74.1 Å². The van der Waals surface area contributed by atoms with Crippen molar-refractivity contribution in [3.8, 4) is 0 Å². The van der Waals surface area contributed by atoms with Gasteiger partial charge in [-0.25, -0.2) is 0 Å². The molecule has 3 heterocycles. The summed E-state index contributed by atoms with van der Waals surface area (Å²) in [5.74, 6) is 0.156. The Kier molecular flexibility index (Phi) is 3.99. The maximum Gasteiger partial charge on any atom is 0.268 e. The molecule has 3 aromatic carbocycles. The van der Waals surface area contributed by atoms with E-state index >= 15 is 0 Å². The van der Waals surface area contributed by atoms with Gasteiger partial charge in [0, 0.05) is 27.1 Å². The van der Waals surface area contributed by atoms with Crippen LogP contribution >= 0.6 is 11.8 Å². The van der Waals surface area contributed by atoms with Gasteiger partial charge in [0.05, 0.1) is 5.69 Å². The Morgan fingerprint density at radius 3 is 2.38 bits per heavy atom. The lowest BCUT2D eigenvalue weighted by atomic mass is 9.65. The summed E-state index contributed by atoms with van der Waals surface area (Å²) in [6, 6.07) is 23.7. The average molecular weight is 441 g/mol. The van der Waals surface area contributed by atoms with Gasteiger partial charge < -0.3 is 10.2 Å². The van der Waals surface area contributed by atoms with Crippen LogP contribution in [0.3, 0.4) is 0 Å². The van der Waals surface area contributed by atoms with Crippen molar-refractivity contribution < 1.29 is 4.79 Å². The Hall–Kier alpha value is -2.72. The maximum absolute atomic E-state index is 14.3. The normalized spacial score (nSPS) is 26.8. The zero-order valence-corrected chi connectivity index (χ0v) is 19.8. The van der Waals surface area contributed by atoms with Crippen LogP contribution in [0, 0.1) is 0 Å². The number of aryl methyl sites for hydroxylation is 1. The summed E-state index contributed by atoms with van der Waals surface area (Å²) in [4.78, 5) is 16.7. The Balaban J connectivity index is 1.66. The highest BCUT2D eigenvalue weighted by atomic mass is 32.2. The minimum atomic E-state index is -0.793. The van der Waals surface area contributed by atoms with Crippen LogP contribution in [-0.4, -0.2) is 11.4 Å². The largest absolute Gasteiger partial charge is 0.358 e. The second kappa shape index (κ2) is 6.41. The van der Waals surface area contributed by atoms with Gasteiger partial charge in [-0.3, -0.25) is 4.79 Å². The second-order valence-electron chi connectivity index (χ2n) is 10.1. The van der Waals surface area contributed by atoms with Crippen LogP contribution in [0.25, 0.3) is 0 Å². The van der Waals surface area contributed by atoms with Gasteiger partial charge in [-0.05, 0) is 61.6 Å². The number of anilines is 2. The van der Waals surface area contributed by atoms with E-state index in [1.165, 1.54) is 16.7 Å². The second-order valence-corrected chi connectivity index (χ2v) is 11.4. The van der Waals surface area contributed by atoms with Crippen molar-refractivity contribution in [3.63, 3.8) is 0 Å². The van der Waals surface area contributed by atoms with Gasteiger partial charge in [-0.15, -0.1) is 0 Å². The molecular formula is C28H28N2OS. The predicted octanol–water partition coefficient (Wildman–Crippen LogP) is 6.45. The van der Waals surface area contributed by atoms with E-state index in [0.29, 0.717) is 0 Å². The van der Waals surface area contributed by atoms with Gasteiger partial charge in [-0.2, -0.15) is 0 Å². The molecule has 162 valence electrons. The van der Waals surface area contributed by atoms with Crippen LogP contribution in [0.2, 0.25) is 0 Å². The molecule has 3 aliphatic rings. The maximum atomic E-state index is 14.3. The fourth-order valence-corrected chi connectivity index (χ4v) is 7.45. The Labute approximate surface area is 194 Å². The van der Waals surface area contributed by atoms with Crippen LogP contribution in [0.15, 0.2) is 71.6 Å².